The van der Waals surface area contributed by atoms with Crippen molar-refractivity contribution in [2.45, 2.75) is 6.42 Å². The zero-order valence-corrected chi connectivity index (χ0v) is 6.72. The van der Waals surface area contributed by atoms with E-state index < -0.39 is 0 Å². The summed E-state index contributed by atoms with van der Waals surface area (Å²) < 4.78 is 5.15. The Balaban J connectivity index is 2.06. The Morgan fingerprint density at radius 3 is 3.09 bits per heavy atom. The van der Waals surface area contributed by atoms with Gasteiger partial charge >= 0.3 is 6.03 Å². The molecule has 0 saturated carbocycles. The van der Waals surface area contributed by atoms with Crippen LogP contribution in [0.25, 0.3) is 0 Å². The molecule has 0 aromatic heterocycles. The van der Waals surface area contributed by atoms with E-state index in [0.29, 0.717) is 5.92 Å². The van der Waals surface area contributed by atoms with E-state index in [9.17, 15) is 4.79 Å². The smallest absolute Gasteiger partial charge is 0.314 e. The summed E-state index contributed by atoms with van der Waals surface area (Å²) in [4.78, 5) is 10.7. The number of nitrogens with one attached hydrogen (secondary N) is 2. The lowest BCUT2D eigenvalue weighted by atomic mass is 10.1. The molecular weight excluding hydrogens is 144 g/mol. The Kier molecular flexibility index (Phi) is 3.16. The van der Waals surface area contributed by atoms with Gasteiger partial charge in [-0.25, -0.2) is 4.79 Å². The zero-order valence-electron chi connectivity index (χ0n) is 6.72. The average molecular weight is 158 g/mol. The largest absolute Gasteiger partial charge is 0.381 e. The molecule has 4 heteroatoms. The van der Waals surface area contributed by atoms with Gasteiger partial charge in [-0.2, -0.15) is 0 Å². The summed E-state index contributed by atoms with van der Waals surface area (Å²) >= 11 is 0. The second-order valence-corrected chi connectivity index (χ2v) is 2.69. The maximum Gasteiger partial charge on any atom is 0.314 e. The van der Waals surface area contributed by atoms with E-state index in [1.165, 1.54) is 0 Å². The van der Waals surface area contributed by atoms with E-state index in [0.717, 1.165) is 26.2 Å². The van der Waals surface area contributed by atoms with Gasteiger partial charge in [-0.1, -0.05) is 0 Å². The summed E-state index contributed by atoms with van der Waals surface area (Å²) in [6.07, 6.45) is 1.06. The van der Waals surface area contributed by atoms with Crippen molar-refractivity contribution in [1.29, 1.82) is 0 Å². The van der Waals surface area contributed by atoms with Crippen LogP contribution in [0.15, 0.2) is 0 Å². The van der Waals surface area contributed by atoms with Gasteiger partial charge in [0.1, 0.15) is 0 Å². The first-order valence-corrected chi connectivity index (χ1v) is 3.86. The van der Waals surface area contributed by atoms with Crippen molar-refractivity contribution in [3.63, 3.8) is 0 Å². The highest BCUT2D eigenvalue weighted by atomic mass is 16.5. The predicted molar refractivity (Wildman–Crippen MR) is 41.4 cm³/mol. The van der Waals surface area contributed by atoms with Crippen molar-refractivity contribution >= 4 is 6.03 Å². The molecule has 0 bridgehead atoms. The highest BCUT2D eigenvalue weighted by molar-refractivity contribution is 5.73. The minimum Gasteiger partial charge on any atom is -0.381 e. The van der Waals surface area contributed by atoms with Gasteiger partial charge in [0.05, 0.1) is 6.61 Å². The van der Waals surface area contributed by atoms with Crippen LogP contribution in [-0.2, 0) is 4.74 Å². The second kappa shape index (κ2) is 4.18. The number of urea groups is 1. The third-order valence-corrected chi connectivity index (χ3v) is 1.80. The molecule has 1 aliphatic heterocycles. The molecular formula is C7H14N2O2. The number of hydrogen-bond acceptors (Lipinski definition) is 2. The lowest BCUT2D eigenvalue weighted by molar-refractivity contribution is 0.185. The fourth-order valence-electron chi connectivity index (χ4n) is 1.07. The van der Waals surface area contributed by atoms with Gasteiger partial charge in [0.15, 0.2) is 0 Å². The van der Waals surface area contributed by atoms with E-state index >= 15 is 0 Å². The summed E-state index contributed by atoms with van der Waals surface area (Å²) in [5.74, 6) is 0.507. The van der Waals surface area contributed by atoms with Crippen LogP contribution >= 0.6 is 0 Å². The Hall–Kier alpha value is -0.770. The Bertz CT molecular complexity index is 132. The lowest BCUT2D eigenvalue weighted by Gasteiger charge is -2.07. The average Bonchev–Trinajstić information content (AvgIpc) is 2.52. The summed E-state index contributed by atoms with van der Waals surface area (Å²) in [6, 6.07) is -0.114. The molecule has 1 heterocycles. The van der Waals surface area contributed by atoms with Crippen molar-refractivity contribution in [1.82, 2.24) is 10.6 Å². The molecule has 64 valence electrons. The Morgan fingerprint density at radius 2 is 2.55 bits per heavy atom. The van der Waals surface area contributed by atoms with E-state index in [1.54, 1.807) is 7.05 Å². The fraction of sp³-hybridized carbons (Fsp3) is 0.857. The highest BCUT2D eigenvalue weighted by Gasteiger charge is 2.15. The van der Waals surface area contributed by atoms with Gasteiger partial charge in [0.2, 0.25) is 0 Å². The molecule has 0 aromatic rings. The van der Waals surface area contributed by atoms with E-state index in [2.05, 4.69) is 10.6 Å². The van der Waals surface area contributed by atoms with Crippen LogP contribution in [0, 0.1) is 5.92 Å². The van der Waals surface area contributed by atoms with Crippen LogP contribution in [0.5, 0.6) is 0 Å². The minimum atomic E-state index is -0.114. The number of carbonyl (C=O) groups excluding carboxylic acids is 1. The molecule has 1 aliphatic rings. The van der Waals surface area contributed by atoms with Crippen molar-refractivity contribution in [2.75, 3.05) is 26.8 Å². The first kappa shape index (κ1) is 8.33. The molecule has 11 heavy (non-hydrogen) atoms. The summed E-state index contributed by atoms with van der Waals surface area (Å²) in [6.45, 7) is 2.34. The first-order chi connectivity index (χ1) is 5.33. The number of hydrogen-bond donors (Lipinski definition) is 2. The van der Waals surface area contributed by atoms with Crippen LogP contribution in [0.4, 0.5) is 4.79 Å². The first-order valence-electron chi connectivity index (χ1n) is 3.86. The van der Waals surface area contributed by atoms with Crippen LogP contribution in [0.1, 0.15) is 6.42 Å². The van der Waals surface area contributed by atoms with Crippen molar-refractivity contribution < 1.29 is 9.53 Å². The minimum absolute atomic E-state index is 0.114. The zero-order chi connectivity index (χ0) is 8.10. The third kappa shape index (κ3) is 2.76. The molecule has 0 spiro atoms. The van der Waals surface area contributed by atoms with E-state index in [1.807, 2.05) is 0 Å². The van der Waals surface area contributed by atoms with Gasteiger partial charge in [0.25, 0.3) is 0 Å². The number of rotatable bonds is 2. The molecule has 2 N–H and O–H groups in total. The maximum atomic E-state index is 10.7. The highest BCUT2D eigenvalue weighted by Crippen LogP contribution is 2.10. The monoisotopic (exact) mass is 158 g/mol. The quantitative estimate of drug-likeness (QED) is 0.592. The summed E-state index contributed by atoms with van der Waals surface area (Å²) in [5, 5.41) is 5.24. The van der Waals surface area contributed by atoms with Gasteiger partial charge in [-0.05, 0) is 6.42 Å². The lowest BCUT2D eigenvalue weighted by Crippen LogP contribution is -2.36. The van der Waals surface area contributed by atoms with Crippen LogP contribution in [0.2, 0.25) is 0 Å². The molecule has 1 rings (SSSR count). The predicted octanol–water partition coefficient (Wildman–Crippen LogP) is -0.0481. The molecule has 0 radical (unpaired) electrons. The molecule has 0 aromatic carbocycles. The number of ether oxygens (including phenoxy) is 1. The third-order valence-electron chi connectivity index (χ3n) is 1.80. The van der Waals surface area contributed by atoms with Gasteiger partial charge in [-0.3, -0.25) is 0 Å². The second-order valence-electron chi connectivity index (χ2n) is 2.69. The topological polar surface area (TPSA) is 50.4 Å². The number of carbonyl (C=O) groups is 1. The van der Waals surface area contributed by atoms with Gasteiger partial charge in [-0.15, -0.1) is 0 Å². The van der Waals surface area contributed by atoms with Crippen LogP contribution < -0.4 is 10.6 Å². The van der Waals surface area contributed by atoms with Crippen molar-refractivity contribution in [3.05, 3.63) is 0 Å². The van der Waals surface area contributed by atoms with Gasteiger partial charge < -0.3 is 15.4 Å². The SMILES string of the molecule is CNC(=O)NCC1CCOC1. The molecule has 1 unspecified atom stereocenters. The standard InChI is InChI=1S/C7H14N2O2/c1-8-7(10)9-4-6-2-3-11-5-6/h6H,2-5H2,1H3,(H2,8,9,10). The molecule has 2 amide bonds. The fourth-order valence-corrected chi connectivity index (χ4v) is 1.07. The molecule has 1 fully saturated rings. The van der Waals surface area contributed by atoms with Crippen molar-refractivity contribution in [2.24, 2.45) is 5.92 Å². The van der Waals surface area contributed by atoms with Crippen LogP contribution in [0.3, 0.4) is 0 Å². The van der Waals surface area contributed by atoms with Gasteiger partial charge in [0, 0.05) is 26.1 Å². The van der Waals surface area contributed by atoms with Crippen LogP contribution in [-0.4, -0.2) is 32.8 Å². The van der Waals surface area contributed by atoms with E-state index in [-0.39, 0.29) is 6.03 Å². The maximum absolute atomic E-state index is 10.7. The molecule has 1 saturated heterocycles. The summed E-state index contributed by atoms with van der Waals surface area (Å²) in [7, 11) is 1.61. The molecule has 1 atom stereocenters. The summed E-state index contributed by atoms with van der Waals surface area (Å²) in [5.41, 5.74) is 0. The number of amides is 2. The molecule has 4 nitrogen and oxygen atoms in total. The van der Waals surface area contributed by atoms with Crippen molar-refractivity contribution in [3.8, 4) is 0 Å². The Morgan fingerprint density at radius 1 is 1.73 bits per heavy atom. The Labute approximate surface area is 66.3 Å². The normalized spacial score (nSPS) is 23.2. The van der Waals surface area contributed by atoms with E-state index in [4.69, 9.17) is 4.74 Å². The molecule has 0 aliphatic carbocycles.